The molecule has 0 radical (unpaired) electrons. The van der Waals surface area contributed by atoms with Crippen LogP contribution in [-0.2, 0) is 14.3 Å². The van der Waals surface area contributed by atoms with Crippen molar-refractivity contribution in [1.29, 1.82) is 0 Å². The van der Waals surface area contributed by atoms with Gasteiger partial charge in [-0.2, -0.15) is 0 Å². The standard InChI is InChI=1S/C16H26O3/c1-4-6-7-8-9-10-11-15(12-13-19-5-2)14-16(17)18-3/h12H,4-9,13-14H2,1-3H3/b15-12+. The van der Waals surface area contributed by atoms with E-state index in [-0.39, 0.29) is 12.4 Å². The van der Waals surface area contributed by atoms with Crippen LogP contribution in [0.5, 0.6) is 0 Å². The molecule has 0 rings (SSSR count). The van der Waals surface area contributed by atoms with Crippen LogP contribution in [0.15, 0.2) is 11.6 Å². The van der Waals surface area contributed by atoms with E-state index < -0.39 is 0 Å². The van der Waals surface area contributed by atoms with E-state index in [9.17, 15) is 4.79 Å². The fraction of sp³-hybridized carbons (Fsp3) is 0.688. The zero-order valence-corrected chi connectivity index (χ0v) is 12.5. The maximum atomic E-state index is 11.3. The molecule has 0 aliphatic carbocycles. The molecular formula is C16H26O3. The molecule has 0 heterocycles. The summed E-state index contributed by atoms with van der Waals surface area (Å²) < 4.78 is 9.90. The molecule has 0 aromatic rings. The van der Waals surface area contributed by atoms with Crippen LogP contribution in [0.2, 0.25) is 0 Å². The normalized spacial score (nSPS) is 10.8. The van der Waals surface area contributed by atoms with Crippen LogP contribution in [0.3, 0.4) is 0 Å². The Bertz CT molecular complexity index is 321. The molecule has 0 saturated carbocycles. The van der Waals surface area contributed by atoms with Gasteiger partial charge in [0.1, 0.15) is 0 Å². The van der Waals surface area contributed by atoms with E-state index in [1.807, 2.05) is 13.0 Å². The van der Waals surface area contributed by atoms with Gasteiger partial charge in [-0.25, -0.2) is 0 Å². The molecule has 108 valence electrons. The first-order chi connectivity index (χ1) is 9.24. The molecule has 0 amide bonds. The summed E-state index contributed by atoms with van der Waals surface area (Å²) in [6.07, 6.45) is 7.81. The number of ether oxygens (including phenoxy) is 2. The van der Waals surface area contributed by atoms with E-state index in [2.05, 4.69) is 23.5 Å². The Morgan fingerprint density at radius 2 is 2.00 bits per heavy atom. The molecule has 0 N–H and O–H groups in total. The molecule has 0 unspecified atom stereocenters. The van der Waals surface area contributed by atoms with Crippen molar-refractivity contribution >= 4 is 5.97 Å². The lowest BCUT2D eigenvalue weighted by Gasteiger charge is -2.00. The number of esters is 1. The van der Waals surface area contributed by atoms with Crippen LogP contribution < -0.4 is 0 Å². The van der Waals surface area contributed by atoms with Crippen LogP contribution in [0.4, 0.5) is 0 Å². The molecule has 0 aliphatic heterocycles. The highest BCUT2D eigenvalue weighted by Crippen LogP contribution is 2.04. The first-order valence-electron chi connectivity index (χ1n) is 7.07. The van der Waals surface area contributed by atoms with Crippen LogP contribution in [0.25, 0.3) is 0 Å². The van der Waals surface area contributed by atoms with Crippen molar-refractivity contribution in [2.75, 3.05) is 20.3 Å². The average molecular weight is 266 g/mol. The number of unbranched alkanes of at least 4 members (excludes halogenated alkanes) is 4. The van der Waals surface area contributed by atoms with Gasteiger partial charge in [0.2, 0.25) is 0 Å². The lowest BCUT2D eigenvalue weighted by Crippen LogP contribution is -2.02. The highest BCUT2D eigenvalue weighted by molar-refractivity contribution is 5.73. The quantitative estimate of drug-likeness (QED) is 0.364. The summed E-state index contributed by atoms with van der Waals surface area (Å²) in [6, 6.07) is 0. The lowest BCUT2D eigenvalue weighted by molar-refractivity contribution is -0.139. The van der Waals surface area contributed by atoms with E-state index in [0.29, 0.717) is 13.2 Å². The number of methoxy groups -OCH3 is 1. The minimum atomic E-state index is -0.261. The van der Waals surface area contributed by atoms with Crippen LogP contribution in [0.1, 0.15) is 52.4 Å². The smallest absolute Gasteiger partial charge is 0.310 e. The molecule has 0 spiro atoms. The highest BCUT2D eigenvalue weighted by Gasteiger charge is 2.03. The minimum Gasteiger partial charge on any atom is -0.469 e. The van der Waals surface area contributed by atoms with Crippen molar-refractivity contribution in [2.24, 2.45) is 0 Å². The van der Waals surface area contributed by atoms with Gasteiger partial charge in [-0.05, 0) is 19.4 Å². The Balaban J connectivity index is 4.20. The highest BCUT2D eigenvalue weighted by atomic mass is 16.5. The van der Waals surface area contributed by atoms with Gasteiger partial charge in [0, 0.05) is 18.6 Å². The maximum Gasteiger partial charge on any atom is 0.310 e. The van der Waals surface area contributed by atoms with Crippen LogP contribution in [0, 0.1) is 11.8 Å². The zero-order chi connectivity index (χ0) is 14.3. The molecule has 0 bridgehead atoms. The monoisotopic (exact) mass is 266 g/mol. The third-order valence-corrected chi connectivity index (χ3v) is 2.62. The number of hydrogen-bond acceptors (Lipinski definition) is 3. The van der Waals surface area contributed by atoms with Crippen molar-refractivity contribution in [2.45, 2.75) is 52.4 Å². The number of hydrogen-bond donors (Lipinski definition) is 0. The number of carbonyl (C=O) groups excluding carboxylic acids is 1. The van der Waals surface area contributed by atoms with E-state index in [1.165, 1.54) is 26.4 Å². The summed E-state index contributed by atoms with van der Waals surface area (Å²) in [5, 5.41) is 0. The third kappa shape index (κ3) is 11.5. The molecule has 19 heavy (non-hydrogen) atoms. The molecule has 0 aromatic carbocycles. The first kappa shape index (κ1) is 17.7. The van der Waals surface area contributed by atoms with Crippen LogP contribution in [-0.4, -0.2) is 26.3 Å². The summed E-state index contributed by atoms with van der Waals surface area (Å²) in [4.78, 5) is 11.3. The van der Waals surface area contributed by atoms with E-state index in [4.69, 9.17) is 4.74 Å². The fourth-order valence-corrected chi connectivity index (χ4v) is 1.49. The van der Waals surface area contributed by atoms with Crippen LogP contribution >= 0.6 is 0 Å². The van der Waals surface area contributed by atoms with E-state index >= 15 is 0 Å². The predicted octanol–water partition coefficient (Wildman–Crippen LogP) is 3.49. The van der Waals surface area contributed by atoms with Gasteiger partial charge in [-0.3, -0.25) is 4.79 Å². The Hall–Kier alpha value is -1.27. The van der Waals surface area contributed by atoms with Gasteiger partial charge in [-0.1, -0.05) is 38.0 Å². The Morgan fingerprint density at radius 1 is 1.21 bits per heavy atom. The fourth-order valence-electron chi connectivity index (χ4n) is 1.49. The number of rotatable bonds is 9. The van der Waals surface area contributed by atoms with Crippen molar-refractivity contribution in [3.8, 4) is 11.8 Å². The molecule has 3 nitrogen and oxygen atoms in total. The van der Waals surface area contributed by atoms with Crippen molar-refractivity contribution in [3.63, 3.8) is 0 Å². The van der Waals surface area contributed by atoms with Crippen molar-refractivity contribution in [1.82, 2.24) is 0 Å². The van der Waals surface area contributed by atoms with Gasteiger partial charge in [0.15, 0.2) is 0 Å². The lowest BCUT2D eigenvalue weighted by atomic mass is 10.1. The van der Waals surface area contributed by atoms with Gasteiger partial charge < -0.3 is 9.47 Å². The van der Waals surface area contributed by atoms with Crippen molar-refractivity contribution in [3.05, 3.63) is 11.6 Å². The maximum absolute atomic E-state index is 11.3. The Labute approximate surface area is 117 Å². The molecular weight excluding hydrogens is 240 g/mol. The second kappa shape index (κ2) is 13.2. The second-order valence-electron chi connectivity index (χ2n) is 4.25. The first-order valence-corrected chi connectivity index (χ1v) is 7.07. The summed E-state index contributed by atoms with van der Waals surface area (Å²) in [7, 11) is 1.39. The summed E-state index contributed by atoms with van der Waals surface area (Å²) in [5.74, 6) is 5.91. The molecule has 0 saturated heterocycles. The average Bonchev–Trinajstić information content (AvgIpc) is 2.42. The third-order valence-electron chi connectivity index (χ3n) is 2.62. The molecule has 3 heteroatoms. The van der Waals surface area contributed by atoms with Gasteiger partial charge in [0.25, 0.3) is 0 Å². The van der Waals surface area contributed by atoms with E-state index in [1.54, 1.807) is 0 Å². The molecule has 0 aromatic heterocycles. The Kier molecular flexibility index (Phi) is 12.3. The molecule has 0 fully saturated rings. The second-order valence-corrected chi connectivity index (χ2v) is 4.25. The molecule has 0 atom stereocenters. The largest absolute Gasteiger partial charge is 0.469 e. The van der Waals surface area contributed by atoms with Gasteiger partial charge in [0.05, 0.1) is 20.1 Å². The van der Waals surface area contributed by atoms with Gasteiger partial charge >= 0.3 is 5.97 Å². The van der Waals surface area contributed by atoms with E-state index in [0.717, 1.165) is 18.4 Å². The molecule has 0 aliphatic rings. The van der Waals surface area contributed by atoms with Crippen molar-refractivity contribution < 1.29 is 14.3 Å². The predicted molar refractivity (Wildman–Crippen MR) is 77.7 cm³/mol. The zero-order valence-electron chi connectivity index (χ0n) is 12.5. The Morgan fingerprint density at radius 3 is 2.63 bits per heavy atom. The minimum absolute atomic E-state index is 0.228. The summed E-state index contributed by atoms with van der Waals surface area (Å²) in [6.45, 7) is 5.28. The van der Waals surface area contributed by atoms with Gasteiger partial charge in [-0.15, -0.1) is 0 Å². The summed E-state index contributed by atoms with van der Waals surface area (Å²) in [5.41, 5.74) is 0.788. The number of carbonyl (C=O) groups is 1. The summed E-state index contributed by atoms with van der Waals surface area (Å²) >= 11 is 0. The topological polar surface area (TPSA) is 35.5 Å². The SMILES string of the molecule is CCCCCCC#C/C(=C\COCC)CC(=O)OC.